The van der Waals surface area contributed by atoms with E-state index in [0.29, 0.717) is 0 Å². The molecular weight excluding hydrogens is 160 g/mol. The van der Waals surface area contributed by atoms with Gasteiger partial charge in [0.05, 0.1) is 13.0 Å². The molecule has 0 aliphatic rings. The summed E-state index contributed by atoms with van der Waals surface area (Å²) in [5.74, 6) is -1.79. The van der Waals surface area contributed by atoms with Crippen molar-refractivity contribution in [1.82, 2.24) is 0 Å². The van der Waals surface area contributed by atoms with E-state index in [4.69, 9.17) is 5.11 Å². The number of ether oxygens (including phenoxy) is 1. The molecule has 0 rings (SSSR count). The summed E-state index contributed by atoms with van der Waals surface area (Å²) in [4.78, 5) is 21.2. The highest BCUT2D eigenvalue weighted by atomic mass is 16.5. The molecule has 0 spiro atoms. The zero-order valence-corrected chi connectivity index (χ0v) is 7.53. The van der Waals surface area contributed by atoms with Crippen molar-refractivity contribution in [3.05, 3.63) is 0 Å². The van der Waals surface area contributed by atoms with Crippen molar-refractivity contribution in [1.29, 1.82) is 0 Å². The summed E-state index contributed by atoms with van der Waals surface area (Å²) in [7, 11) is 1.30. The van der Waals surface area contributed by atoms with E-state index in [1.807, 2.05) is 0 Å². The van der Waals surface area contributed by atoms with E-state index in [0.717, 1.165) is 0 Å². The molecule has 4 nitrogen and oxygen atoms in total. The highest BCUT2D eigenvalue weighted by molar-refractivity contribution is 5.74. The Morgan fingerprint density at radius 1 is 1.42 bits per heavy atom. The molecular formula is C8H14O4. The van der Waals surface area contributed by atoms with Gasteiger partial charge in [-0.1, -0.05) is 13.8 Å². The molecule has 0 amide bonds. The van der Waals surface area contributed by atoms with Gasteiger partial charge < -0.3 is 9.84 Å². The standard InChI is InChI=1S/C8H14O4/c1-5(4-7(9)10)6(2)8(11)12-3/h5-6H,4H2,1-3H3,(H,9,10)/t5-,6?/m1/s1. The monoisotopic (exact) mass is 174 g/mol. The normalized spacial score (nSPS) is 14.9. The first-order valence-electron chi connectivity index (χ1n) is 3.78. The molecule has 0 bridgehead atoms. The highest BCUT2D eigenvalue weighted by Crippen LogP contribution is 2.15. The van der Waals surface area contributed by atoms with Crippen molar-refractivity contribution >= 4 is 11.9 Å². The van der Waals surface area contributed by atoms with Gasteiger partial charge in [0.2, 0.25) is 0 Å². The lowest BCUT2D eigenvalue weighted by molar-refractivity contribution is -0.147. The molecule has 70 valence electrons. The van der Waals surface area contributed by atoms with Gasteiger partial charge in [-0.25, -0.2) is 0 Å². The van der Waals surface area contributed by atoms with E-state index in [9.17, 15) is 9.59 Å². The van der Waals surface area contributed by atoms with Crippen molar-refractivity contribution in [3.63, 3.8) is 0 Å². The molecule has 0 aliphatic heterocycles. The number of methoxy groups -OCH3 is 1. The predicted octanol–water partition coefficient (Wildman–Crippen LogP) is 0.906. The molecule has 0 radical (unpaired) electrons. The van der Waals surface area contributed by atoms with Crippen LogP contribution in [-0.2, 0) is 14.3 Å². The Bertz CT molecular complexity index is 176. The summed E-state index contributed by atoms with van der Waals surface area (Å²) >= 11 is 0. The average Bonchev–Trinajstić information content (AvgIpc) is 2.00. The Balaban J connectivity index is 4.00. The van der Waals surface area contributed by atoms with Crippen LogP contribution in [0.15, 0.2) is 0 Å². The fraction of sp³-hybridized carbons (Fsp3) is 0.750. The molecule has 0 aromatic rings. The second-order valence-electron chi connectivity index (χ2n) is 2.89. The van der Waals surface area contributed by atoms with Gasteiger partial charge >= 0.3 is 11.9 Å². The van der Waals surface area contributed by atoms with Crippen LogP contribution in [0.3, 0.4) is 0 Å². The van der Waals surface area contributed by atoms with Crippen LogP contribution in [0, 0.1) is 11.8 Å². The van der Waals surface area contributed by atoms with Crippen LogP contribution in [0.5, 0.6) is 0 Å². The molecule has 0 fully saturated rings. The highest BCUT2D eigenvalue weighted by Gasteiger charge is 2.22. The molecule has 0 heterocycles. The molecule has 0 saturated carbocycles. The first-order valence-corrected chi connectivity index (χ1v) is 3.78. The number of aliphatic carboxylic acids is 1. The lowest BCUT2D eigenvalue weighted by Crippen LogP contribution is -2.22. The lowest BCUT2D eigenvalue weighted by atomic mass is 9.93. The molecule has 1 unspecified atom stereocenters. The van der Waals surface area contributed by atoms with Gasteiger partial charge in [0.25, 0.3) is 0 Å². The number of carboxylic acids is 1. The molecule has 12 heavy (non-hydrogen) atoms. The van der Waals surface area contributed by atoms with Crippen molar-refractivity contribution in [3.8, 4) is 0 Å². The lowest BCUT2D eigenvalue weighted by Gasteiger charge is -2.14. The molecule has 0 aromatic carbocycles. The largest absolute Gasteiger partial charge is 0.481 e. The van der Waals surface area contributed by atoms with Gasteiger partial charge in [-0.3, -0.25) is 9.59 Å². The third kappa shape index (κ3) is 3.37. The van der Waals surface area contributed by atoms with E-state index in [1.165, 1.54) is 7.11 Å². The maximum atomic E-state index is 10.9. The second kappa shape index (κ2) is 4.74. The van der Waals surface area contributed by atoms with Crippen LogP contribution in [0.2, 0.25) is 0 Å². The van der Waals surface area contributed by atoms with Gasteiger partial charge in [-0.15, -0.1) is 0 Å². The smallest absolute Gasteiger partial charge is 0.308 e. The number of hydrogen-bond acceptors (Lipinski definition) is 3. The summed E-state index contributed by atoms with van der Waals surface area (Å²) in [6, 6.07) is 0. The van der Waals surface area contributed by atoms with Gasteiger partial charge in [-0.2, -0.15) is 0 Å². The maximum Gasteiger partial charge on any atom is 0.308 e. The Hall–Kier alpha value is -1.06. The van der Waals surface area contributed by atoms with Crippen LogP contribution < -0.4 is 0 Å². The van der Waals surface area contributed by atoms with E-state index < -0.39 is 5.97 Å². The average molecular weight is 174 g/mol. The van der Waals surface area contributed by atoms with Crippen LogP contribution >= 0.6 is 0 Å². The number of esters is 1. The third-order valence-electron chi connectivity index (χ3n) is 1.92. The molecule has 0 saturated heterocycles. The molecule has 1 N–H and O–H groups in total. The quantitative estimate of drug-likeness (QED) is 0.643. The maximum absolute atomic E-state index is 10.9. The van der Waals surface area contributed by atoms with Gasteiger partial charge in [0.15, 0.2) is 0 Å². The Morgan fingerprint density at radius 2 is 1.92 bits per heavy atom. The minimum absolute atomic E-state index is 0.00370. The number of rotatable bonds is 4. The first-order chi connectivity index (χ1) is 5.49. The van der Waals surface area contributed by atoms with E-state index in [1.54, 1.807) is 13.8 Å². The van der Waals surface area contributed by atoms with Crippen LogP contribution in [-0.4, -0.2) is 24.2 Å². The van der Waals surface area contributed by atoms with Gasteiger partial charge in [0.1, 0.15) is 0 Å². The van der Waals surface area contributed by atoms with Crippen LogP contribution in [0.4, 0.5) is 0 Å². The zero-order valence-electron chi connectivity index (χ0n) is 7.53. The summed E-state index contributed by atoms with van der Waals surface area (Å²) in [6.07, 6.45) is -0.00370. The third-order valence-corrected chi connectivity index (χ3v) is 1.92. The predicted molar refractivity (Wildman–Crippen MR) is 42.6 cm³/mol. The summed E-state index contributed by atoms with van der Waals surface area (Å²) in [5, 5.41) is 8.44. The van der Waals surface area contributed by atoms with Crippen LogP contribution in [0.25, 0.3) is 0 Å². The topological polar surface area (TPSA) is 63.6 Å². The molecule has 4 heteroatoms. The zero-order chi connectivity index (χ0) is 9.72. The Labute approximate surface area is 71.5 Å². The number of carboxylic acid groups (broad SMARTS) is 1. The summed E-state index contributed by atoms with van der Waals surface area (Å²) < 4.78 is 4.48. The summed E-state index contributed by atoms with van der Waals surface area (Å²) in [6.45, 7) is 3.38. The van der Waals surface area contributed by atoms with Crippen molar-refractivity contribution < 1.29 is 19.4 Å². The van der Waals surface area contributed by atoms with Crippen LogP contribution in [0.1, 0.15) is 20.3 Å². The summed E-state index contributed by atoms with van der Waals surface area (Å²) in [5.41, 5.74) is 0. The minimum Gasteiger partial charge on any atom is -0.481 e. The Morgan fingerprint density at radius 3 is 2.25 bits per heavy atom. The fourth-order valence-electron chi connectivity index (χ4n) is 0.870. The molecule has 0 aliphatic carbocycles. The second-order valence-corrected chi connectivity index (χ2v) is 2.89. The van der Waals surface area contributed by atoms with Crippen molar-refractivity contribution in [2.24, 2.45) is 11.8 Å². The first kappa shape index (κ1) is 10.9. The fourth-order valence-corrected chi connectivity index (χ4v) is 0.870. The minimum atomic E-state index is -0.891. The van der Waals surface area contributed by atoms with Crippen molar-refractivity contribution in [2.75, 3.05) is 7.11 Å². The van der Waals surface area contributed by atoms with E-state index in [-0.39, 0.29) is 24.2 Å². The van der Waals surface area contributed by atoms with Gasteiger partial charge in [0, 0.05) is 6.42 Å². The molecule has 0 aromatic heterocycles. The van der Waals surface area contributed by atoms with Crippen molar-refractivity contribution in [2.45, 2.75) is 20.3 Å². The number of carbonyl (C=O) groups is 2. The number of carbonyl (C=O) groups excluding carboxylic acids is 1. The Kier molecular flexibility index (Phi) is 4.33. The molecule has 2 atom stereocenters. The van der Waals surface area contributed by atoms with E-state index in [2.05, 4.69) is 4.74 Å². The number of hydrogen-bond donors (Lipinski definition) is 1. The van der Waals surface area contributed by atoms with E-state index >= 15 is 0 Å². The van der Waals surface area contributed by atoms with Gasteiger partial charge in [-0.05, 0) is 5.92 Å². The SMILES string of the molecule is COC(=O)C(C)[C@H](C)CC(=O)O.